The molecule has 0 unspecified atom stereocenters. The molecule has 0 atom stereocenters. The largest absolute Gasteiger partial charge is 0.462 e. The minimum Gasteiger partial charge on any atom is -0.462 e. The van der Waals surface area contributed by atoms with Gasteiger partial charge in [-0.1, -0.05) is 41.6 Å². The van der Waals surface area contributed by atoms with Gasteiger partial charge in [-0.05, 0) is 46.3 Å². The lowest BCUT2D eigenvalue weighted by Gasteiger charge is -2.15. The van der Waals surface area contributed by atoms with E-state index in [1.54, 1.807) is 0 Å². The molecule has 0 amide bonds. The minimum absolute atomic E-state index is 0.215. The van der Waals surface area contributed by atoms with Gasteiger partial charge in [0.2, 0.25) is 0 Å². The summed E-state index contributed by atoms with van der Waals surface area (Å²) in [6.07, 6.45) is 0. The summed E-state index contributed by atoms with van der Waals surface area (Å²) < 4.78 is 6.40. The molecule has 2 nitrogen and oxygen atoms in total. The van der Waals surface area contributed by atoms with Crippen LogP contribution in [-0.2, 0) is 10.1 Å². The van der Waals surface area contributed by atoms with E-state index in [2.05, 4.69) is 58.2 Å². The van der Waals surface area contributed by atoms with E-state index in [1.165, 1.54) is 5.56 Å². The van der Waals surface area contributed by atoms with Gasteiger partial charge >= 0.3 is 5.97 Å². The van der Waals surface area contributed by atoms with Crippen molar-refractivity contribution in [3.63, 3.8) is 0 Å². The first-order chi connectivity index (χ1) is 8.33. The molecule has 5 heteroatoms. The predicted octanol–water partition coefficient (Wildman–Crippen LogP) is 4.68. The second-order valence-electron chi connectivity index (χ2n) is 5.39. The molecule has 1 rings (SSSR count). The van der Waals surface area contributed by atoms with Crippen molar-refractivity contribution in [3.8, 4) is 0 Å². The Labute approximate surface area is 132 Å². The third-order valence-electron chi connectivity index (χ3n) is 2.52. The summed E-state index contributed by atoms with van der Waals surface area (Å²) in [5.74, 6) is -0.215. The summed E-state index contributed by atoms with van der Waals surface area (Å²) in [7, 11) is -1.14. The molecule has 0 saturated heterocycles. The summed E-state index contributed by atoms with van der Waals surface area (Å²) in [6.45, 7) is 7.35. The number of alkyl halides is 1. The number of halogens is 2. The Morgan fingerprint density at radius 2 is 2.06 bits per heavy atom. The molecule has 0 saturated carbocycles. The average molecular weight is 441 g/mol. The van der Waals surface area contributed by atoms with Gasteiger partial charge in [-0.3, -0.25) is 0 Å². The smallest absolute Gasteiger partial charge is 0.338 e. The van der Waals surface area contributed by atoms with Crippen LogP contribution in [0.3, 0.4) is 0 Å². The Morgan fingerprint density at radius 1 is 1.39 bits per heavy atom. The van der Waals surface area contributed by atoms with Crippen LogP contribution < -0.4 is 0 Å². The highest BCUT2D eigenvalue weighted by Gasteiger charge is 2.15. The van der Waals surface area contributed by atoms with Crippen molar-refractivity contribution in [1.29, 1.82) is 0 Å². The number of ether oxygens (including phenoxy) is 1. The maximum absolute atomic E-state index is 11.9. The molecule has 0 bridgehead atoms. The molecule has 1 aromatic rings. The normalized spacial score (nSPS) is 11.4. The van der Waals surface area contributed by atoms with Gasteiger partial charge in [-0.2, -0.15) is 0 Å². The van der Waals surface area contributed by atoms with Gasteiger partial charge in [0.25, 0.3) is 0 Å². The fourth-order valence-corrected chi connectivity index (χ4v) is 3.75. The van der Waals surface area contributed by atoms with E-state index < -0.39 is 8.07 Å². The molecule has 18 heavy (non-hydrogen) atoms. The van der Waals surface area contributed by atoms with E-state index in [0.29, 0.717) is 12.2 Å². The van der Waals surface area contributed by atoms with Crippen molar-refractivity contribution >= 4 is 52.6 Å². The topological polar surface area (TPSA) is 26.3 Å². The minimum atomic E-state index is -1.14. The fraction of sp³-hybridized carbons (Fsp3) is 0.462. The summed E-state index contributed by atoms with van der Waals surface area (Å²) >= 11 is 5.66. The lowest BCUT2D eigenvalue weighted by molar-refractivity contribution is 0.0525. The van der Waals surface area contributed by atoms with Crippen LogP contribution in [0.5, 0.6) is 0 Å². The SMILES string of the molecule is C[Si](C)(C)CCOC(=O)c1ccc(CBr)c(I)c1. The first-order valence-corrected chi connectivity index (χ1v) is 11.8. The molecule has 0 spiro atoms. The molecule has 0 N–H and O–H groups in total. The molecular formula is C13H18BrIO2Si. The van der Waals surface area contributed by atoms with Crippen LogP contribution in [0.15, 0.2) is 18.2 Å². The van der Waals surface area contributed by atoms with Crippen molar-refractivity contribution < 1.29 is 9.53 Å². The van der Waals surface area contributed by atoms with Gasteiger partial charge < -0.3 is 4.74 Å². The molecule has 0 aliphatic rings. The third kappa shape index (κ3) is 5.40. The van der Waals surface area contributed by atoms with E-state index in [4.69, 9.17) is 4.74 Å². The molecule has 100 valence electrons. The van der Waals surface area contributed by atoms with Crippen LogP contribution in [0.4, 0.5) is 0 Å². The molecular weight excluding hydrogens is 423 g/mol. The monoisotopic (exact) mass is 440 g/mol. The van der Waals surface area contributed by atoms with Gasteiger partial charge in [0, 0.05) is 17.0 Å². The van der Waals surface area contributed by atoms with Gasteiger partial charge in [0.15, 0.2) is 0 Å². The quantitative estimate of drug-likeness (QED) is 0.287. The highest BCUT2D eigenvalue weighted by atomic mass is 127. The molecule has 0 fully saturated rings. The average Bonchev–Trinajstić information content (AvgIpc) is 2.27. The lowest BCUT2D eigenvalue weighted by atomic mass is 10.1. The van der Waals surface area contributed by atoms with E-state index in [1.807, 2.05) is 18.2 Å². The third-order valence-corrected chi connectivity index (χ3v) is 5.83. The summed E-state index contributed by atoms with van der Waals surface area (Å²) in [5, 5.41) is 0.802. The van der Waals surface area contributed by atoms with E-state index in [9.17, 15) is 4.79 Å². The van der Waals surface area contributed by atoms with Crippen LogP contribution >= 0.6 is 38.5 Å². The van der Waals surface area contributed by atoms with E-state index in [0.717, 1.165) is 14.9 Å². The van der Waals surface area contributed by atoms with Gasteiger partial charge in [0.05, 0.1) is 12.2 Å². The zero-order chi connectivity index (χ0) is 13.8. The maximum atomic E-state index is 11.9. The van der Waals surface area contributed by atoms with E-state index in [-0.39, 0.29) is 5.97 Å². The number of carbonyl (C=O) groups is 1. The Kier molecular flexibility index (Phi) is 6.33. The molecule has 0 aliphatic carbocycles. The van der Waals surface area contributed by atoms with Crippen molar-refractivity contribution in [2.45, 2.75) is 31.0 Å². The highest BCUT2D eigenvalue weighted by Crippen LogP contribution is 2.18. The van der Waals surface area contributed by atoms with Gasteiger partial charge in [0.1, 0.15) is 0 Å². The molecule has 0 aromatic heterocycles. The molecule has 0 radical (unpaired) electrons. The number of hydrogen-bond donors (Lipinski definition) is 0. The number of esters is 1. The van der Waals surface area contributed by atoms with Crippen LogP contribution in [0.1, 0.15) is 15.9 Å². The molecule has 0 aliphatic heterocycles. The van der Waals surface area contributed by atoms with Crippen molar-refractivity contribution in [2.75, 3.05) is 6.61 Å². The van der Waals surface area contributed by atoms with Gasteiger partial charge in [-0.25, -0.2) is 4.79 Å². The number of hydrogen-bond acceptors (Lipinski definition) is 2. The summed E-state index contributed by atoms with van der Waals surface area (Å²) in [6, 6.07) is 6.69. The first kappa shape index (κ1) is 16.2. The summed E-state index contributed by atoms with van der Waals surface area (Å²) in [4.78, 5) is 11.9. The second-order valence-corrected chi connectivity index (χ2v) is 12.7. The van der Waals surface area contributed by atoms with Crippen LogP contribution in [0.2, 0.25) is 25.7 Å². The van der Waals surface area contributed by atoms with Crippen LogP contribution in [-0.4, -0.2) is 20.7 Å². The molecule has 0 heterocycles. The van der Waals surface area contributed by atoms with E-state index >= 15 is 0 Å². The maximum Gasteiger partial charge on any atom is 0.338 e. The summed E-state index contributed by atoms with van der Waals surface area (Å²) in [5.41, 5.74) is 1.83. The number of rotatable bonds is 5. The first-order valence-electron chi connectivity index (χ1n) is 5.85. The number of benzene rings is 1. The van der Waals surface area contributed by atoms with Crippen molar-refractivity contribution in [3.05, 3.63) is 32.9 Å². The van der Waals surface area contributed by atoms with Gasteiger partial charge in [-0.15, -0.1) is 0 Å². The Morgan fingerprint density at radius 3 is 2.56 bits per heavy atom. The Bertz CT molecular complexity index is 429. The van der Waals surface area contributed by atoms with Crippen molar-refractivity contribution in [2.24, 2.45) is 0 Å². The number of carbonyl (C=O) groups excluding carboxylic acids is 1. The predicted molar refractivity (Wildman–Crippen MR) is 90.2 cm³/mol. The zero-order valence-electron chi connectivity index (χ0n) is 10.9. The molecule has 1 aromatic carbocycles. The highest BCUT2D eigenvalue weighted by molar-refractivity contribution is 14.1. The standard InChI is InChI=1S/C13H18BrIO2Si/c1-18(2,3)7-6-17-13(16)10-4-5-11(9-14)12(15)8-10/h4-5,8H,6-7,9H2,1-3H3. The van der Waals surface area contributed by atoms with Crippen LogP contribution in [0.25, 0.3) is 0 Å². The Hall–Kier alpha value is 0.117. The zero-order valence-corrected chi connectivity index (χ0v) is 15.7. The lowest BCUT2D eigenvalue weighted by Crippen LogP contribution is -2.22. The Balaban J connectivity index is 2.59. The van der Waals surface area contributed by atoms with Crippen LogP contribution in [0, 0.1) is 3.57 Å². The fourth-order valence-electron chi connectivity index (χ4n) is 1.32. The second kappa shape index (κ2) is 7.05. The van der Waals surface area contributed by atoms with Crippen molar-refractivity contribution in [1.82, 2.24) is 0 Å².